The Labute approximate surface area is 102 Å². The van der Waals surface area contributed by atoms with Crippen molar-refractivity contribution in [1.82, 2.24) is 4.90 Å². The first kappa shape index (κ1) is 13.4. The zero-order valence-corrected chi connectivity index (χ0v) is 9.47. The molecule has 0 bridgehead atoms. The number of aliphatic hydroxyl groups is 4. The molecule has 5 atom stereocenters. The molecule has 0 spiro atoms. The number of hydrogen-bond donors (Lipinski definition) is 4. The topological polar surface area (TPSA) is 128 Å². The fraction of sp³-hybridized carbons (Fsp3) is 0.800. The van der Waals surface area contributed by atoms with Crippen molar-refractivity contribution in [3.8, 4) is 0 Å². The molecule has 0 unspecified atom stereocenters. The minimum atomic E-state index is -1.60. The highest BCUT2D eigenvalue weighted by Crippen LogP contribution is 2.27. The minimum absolute atomic E-state index is 0.0217. The van der Waals surface area contributed by atoms with Gasteiger partial charge in [-0.2, -0.15) is 0 Å². The Kier molecular flexibility index (Phi) is 3.64. The standard InChI is InChI=1S/C10H15NO7/c12-3-4-7(15)8(16)9(17)10(18-4)11-5(13)1-2-6(11)14/h4,7-10,12,15-17H,1-3H2/t4-,7-,8+,9-,10-/m1/s1. The van der Waals surface area contributed by atoms with E-state index in [-0.39, 0.29) is 12.8 Å². The molecule has 2 amide bonds. The molecular formula is C10H15NO7. The Morgan fingerprint density at radius 3 is 2.11 bits per heavy atom. The second-order valence-electron chi connectivity index (χ2n) is 4.38. The van der Waals surface area contributed by atoms with E-state index in [0.717, 1.165) is 4.90 Å². The first-order valence-corrected chi connectivity index (χ1v) is 5.62. The van der Waals surface area contributed by atoms with Gasteiger partial charge >= 0.3 is 0 Å². The predicted molar refractivity (Wildman–Crippen MR) is 54.9 cm³/mol. The number of rotatable bonds is 2. The van der Waals surface area contributed by atoms with Gasteiger partial charge in [-0.3, -0.25) is 14.5 Å². The Morgan fingerprint density at radius 1 is 1.06 bits per heavy atom. The van der Waals surface area contributed by atoms with Gasteiger partial charge in [0.25, 0.3) is 0 Å². The van der Waals surface area contributed by atoms with E-state index in [4.69, 9.17) is 9.84 Å². The lowest BCUT2D eigenvalue weighted by Gasteiger charge is -2.42. The molecule has 0 aromatic rings. The van der Waals surface area contributed by atoms with Crippen LogP contribution in [0.15, 0.2) is 0 Å². The molecule has 2 fully saturated rings. The third-order valence-corrected chi connectivity index (χ3v) is 3.21. The van der Waals surface area contributed by atoms with Gasteiger partial charge in [0.15, 0.2) is 6.23 Å². The monoisotopic (exact) mass is 261 g/mol. The minimum Gasteiger partial charge on any atom is -0.394 e. The van der Waals surface area contributed by atoms with Gasteiger partial charge in [0.1, 0.15) is 24.4 Å². The third kappa shape index (κ3) is 2.02. The van der Waals surface area contributed by atoms with E-state index in [0.29, 0.717) is 0 Å². The number of aliphatic hydroxyl groups excluding tert-OH is 4. The van der Waals surface area contributed by atoms with Crippen molar-refractivity contribution < 1.29 is 34.8 Å². The van der Waals surface area contributed by atoms with Crippen molar-refractivity contribution in [2.75, 3.05) is 6.61 Å². The van der Waals surface area contributed by atoms with Crippen molar-refractivity contribution in [2.24, 2.45) is 0 Å². The van der Waals surface area contributed by atoms with E-state index in [1.807, 2.05) is 0 Å². The molecule has 2 heterocycles. The molecule has 18 heavy (non-hydrogen) atoms. The molecule has 0 aromatic carbocycles. The highest BCUT2D eigenvalue weighted by molar-refractivity contribution is 6.02. The van der Waals surface area contributed by atoms with Crippen molar-refractivity contribution >= 4 is 11.8 Å². The fourth-order valence-corrected chi connectivity index (χ4v) is 2.17. The summed E-state index contributed by atoms with van der Waals surface area (Å²) in [7, 11) is 0. The zero-order valence-electron chi connectivity index (χ0n) is 9.47. The number of likely N-dealkylation sites (tertiary alicyclic amines) is 1. The summed E-state index contributed by atoms with van der Waals surface area (Å²) in [5.41, 5.74) is 0. The van der Waals surface area contributed by atoms with E-state index >= 15 is 0 Å². The summed E-state index contributed by atoms with van der Waals surface area (Å²) in [6, 6.07) is 0. The Morgan fingerprint density at radius 2 is 1.61 bits per heavy atom. The van der Waals surface area contributed by atoms with Gasteiger partial charge in [0, 0.05) is 12.8 Å². The largest absolute Gasteiger partial charge is 0.394 e. The summed E-state index contributed by atoms with van der Waals surface area (Å²) >= 11 is 0. The molecule has 8 heteroatoms. The number of nitrogens with zero attached hydrogens (tertiary/aromatic N) is 1. The number of amides is 2. The van der Waals surface area contributed by atoms with E-state index < -0.39 is 49.1 Å². The molecule has 2 saturated heterocycles. The molecule has 0 aromatic heterocycles. The van der Waals surface area contributed by atoms with E-state index in [9.17, 15) is 24.9 Å². The molecule has 0 saturated carbocycles. The molecule has 102 valence electrons. The van der Waals surface area contributed by atoms with Crippen LogP contribution in [0.4, 0.5) is 0 Å². The molecule has 8 nitrogen and oxygen atoms in total. The maximum Gasteiger partial charge on any atom is 0.231 e. The highest BCUT2D eigenvalue weighted by atomic mass is 16.6. The fourth-order valence-electron chi connectivity index (χ4n) is 2.17. The summed E-state index contributed by atoms with van der Waals surface area (Å²) in [5.74, 6) is -1.02. The molecule has 4 N–H and O–H groups in total. The van der Waals surface area contributed by atoms with Crippen LogP contribution < -0.4 is 0 Å². The van der Waals surface area contributed by atoms with Gasteiger partial charge in [-0.1, -0.05) is 0 Å². The first-order valence-electron chi connectivity index (χ1n) is 5.62. The van der Waals surface area contributed by atoms with Crippen LogP contribution in [-0.2, 0) is 14.3 Å². The number of carbonyl (C=O) groups excluding carboxylic acids is 2. The predicted octanol–water partition coefficient (Wildman–Crippen LogP) is -3.06. The molecule has 0 radical (unpaired) electrons. The molecule has 2 aliphatic heterocycles. The maximum atomic E-state index is 11.5. The number of imide groups is 1. The quantitative estimate of drug-likeness (QED) is 0.388. The first-order chi connectivity index (χ1) is 8.47. The summed E-state index contributed by atoms with van der Waals surface area (Å²) in [6.07, 6.45) is -7.16. The highest BCUT2D eigenvalue weighted by Gasteiger charge is 2.49. The summed E-state index contributed by atoms with van der Waals surface area (Å²) in [5, 5.41) is 37.9. The van der Waals surface area contributed by atoms with Crippen LogP contribution in [0.25, 0.3) is 0 Å². The van der Waals surface area contributed by atoms with Crippen molar-refractivity contribution in [3.05, 3.63) is 0 Å². The third-order valence-electron chi connectivity index (χ3n) is 3.21. The van der Waals surface area contributed by atoms with Crippen molar-refractivity contribution in [2.45, 2.75) is 43.5 Å². The molecular weight excluding hydrogens is 246 g/mol. The summed E-state index contributed by atoms with van der Waals surface area (Å²) < 4.78 is 5.13. The van der Waals surface area contributed by atoms with Gasteiger partial charge < -0.3 is 25.2 Å². The smallest absolute Gasteiger partial charge is 0.231 e. The van der Waals surface area contributed by atoms with Crippen LogP contribution in [0.1, 0.15) is 12.8 Å². The normalized spacial score (nSPS) is 41.6. The van der Waals surface area contributed by atoms with E-state index in [1.54, 1.807) is 0 Å². The lowest BCUT2D eigenvalue weighted by atomic mass is 9.98. The molecule has 2 aliphatic rings. The average molecular weight is 261 g/mol. The molecule has 2 rings (SSSR count). The Bertz CT molecular complexity index is 342. The van der Waals surface area contributed by atoms with Crippen molar-refractivity contribution in [1.29, 1.82) is 0 Å². The number of ether oxygens (including phenoxy) is 1. The Balaban J connectivity index is 2.21. The van der Waals surface area contributed by atoms with Crippen LogP contribution in [0.2, 0.25) is 0 Å². The van der Waals surface area contributed by atoms with E-state index in [2.05, 4.69) is 0 Å². The van der Waals surface area contributed by atoms with Crippen molar-refractivity contribution in [3.63, 3.8) is 0 Å². The van der Waals surface area contributed by atoms with Gasteiger partial charge in [-0.25, -0.2) is 0 Å². The zero-order chi connectivity index (χ0) is 13.4. The average Bonchev–Trinajstić information content (AvgIpc) is 2.67. The maximum absolute atomic E-state index is 11.5. The number of hydrogen-bond acceptors (Lipinski definition) is 7. The van der Waals surface area contributed by atoms with Crippen LogP contribution in [0.5, 0.6) is 0 Å². The summed E-state index contributed by atoms with van der Waals surface area (Å²) in [4.78, 5) is 23.8. The number of carbonyl (C=O) groups is 2. The summed E-state index contributed by atoms with van der Waals surface area (Å²) in [6.45, 7) is -0.600. The Hall–Kier alpha value is -1.06. The van der Waals surface area contributed by atoms with Gasteiger partial charge in [-0.05, 0) is 0 Å². The van der Waals surface area contributed by atoms with Crippen LogP contribution in [0.3, 0.4) is 0 Å². The van der Waals surface area contributed by atoms with E-state index in [1.165, 1.54) is 0 Å². The van der Waals surface area contributed by atoms with Crippen LogP contribution in [0, 0.1) is 0 Å². The lowest BCUT2D eigenvalue weighted by molar-refractivity contribution is -0.258. The van der Waals surface area contributed by atoms with Crippen LogP contribution in [-0.4, -0.2) is 74.4 Å². The SMILES string of the molecule is O=C1CCC(=O)N1[C@@H]1O[C@H](CO)[C@@H](O)[C@H](O)[C@H]1O. The van der Waals surface area contributed by atoms with Crippen LogP contribution >= 0.6 is 0 Å². The van der Waals surface area contributed by atoms with Gasteiger partial charge in [0.2, 0.25) is 11.8 Å². The second kappa shape index (κ2) is 4.90. The molecule has 0 aliphatic carbocycles. The van der Waals surface area contributed by atoms with Gasteiger partial charge in [-0.15, -0.1) is 0 Å². The lowest BCUT2D eigenvalue weighted by Crippen LogP contribution is -2.64. The second-order valence-corrected chi connectivity index (χ2v) is 4.38. The van der Waals surface area contributed by atoms with Gasteiger partial charge in [0.05, 0.1) is 6.61 Å².